The number of carbonyl (C=O) groups excluding carboxylic acids is 1. The molecule has 0 heterocycles. The van der Waals surface area contributed by atoms with Crippen LogP contribution in [0.1, 0.15) is 5.56 Å². The second kappa shape index (κ2) is 7.35. The van der Waals surface area contributed by atoms with Gasteiger partial charge in [-0.25, -0.2) is 5.43 Å². The summed E-state index contributed by atoms with van der Waals surface area (Å²) in [5, 5.41) is 14.2. The standard InChI is InChI=1S/C14H17N3O3Si/c1-21(2,3)10-4-9-15-16-14(18)11-12-5-7-13(8-6-12)17(19)20/h5-9H,11H2,1-3H3,(H,16,18). The zero-order chi connectivity index (χ0) is 15.9. The summed E-state index contributed by atoms with van der Waals surface area (Å²) in [7, 11) is -1.43. The lowest BCUT2D eigenvalue weighted by atomic mass is 10.1. The van der Waals surface area contributed by atoms with Gasteiger partial charge in [0.15, 0.2) is 0 Å². The van der Waals surface area contributed by atoms with Crippen LogP contribution in [0.25, 0.3) is 0 Å². The van der Waals surface area contributed by atoms with Crippen molar-refractivity contribution in [2.75, 3.05) is 0 Å². The smallest absolute Gasteiger partial charge is 0.269 e. The number of nitrogens with one attached hydrogen (secondary N) is 1. The number of amides is 1. The lowest BCUT2D eigenvalue weighted by Crippen LogP contribution is -2.19. The Hall–Kier alpha value is -2.46. The molecule has 0 aromatic heterocycles. The zero-order valence-corrected chi connectivity index (χ0v) is 13.2. The molecule has 1 rings (SSSR count). The van der Waals surface area contributed by atoms with E-state index in [4.69, 9.17) is 0 Å². The van der Waals surface area contributed by atoms with Gasteiger partial charge in [0, 0.05) is 12.1 Å². The Bertz CT molecular complexity index is 607. The highest BCUT2D eigenvalue weighted by atomic mass is 28.3. The number of nitro groups is 1. The molecule has 1 aromatic rings. The SMILES string of the molecule is C[Si](C)(C)C#CC=NNC(=O)Cc1ccc([N+](=O)[O-])cc1. The largest absolute Gasteiger partial charge is 0.273 e. The fourth-order valence-corrected chi connectivity index (χ4v) is 1.84. The zero-order valence-electron chi connectivity index (χ0n) is 12.2. The molecule has 21 heavy (non-hydrogen) atoms. The van der Waals surface area contributed by atoms with Crippen molar-refractivity contribution in [3.8, 4) is 11.5 Å². The van der Waals surface area contributed by atoms with Gasteiger partial charge in [0.2, 0.25) is 5.91 Å². The summed E-state index contributed by atoms with van der Waals surface area (Å²) >= 11 is 0. The maximum absolute atomic E-state index is 11.6. The van der Waals surface area contributed by atoms with Crippen LogP contribution < -0.4 is 5.43 Å². The molecule has 1 N–H and O–H groups in total. The Labute approximate surface area is 124 Å². The van der Waals surface area contributed by atoms with Crippen molar-refractivity contribution in [2.24, 2.45) is 5.10 Å². The molecule has 0 saturated heterocycles. The summed E-state index contributed by atoms with van der Waals surface area (Å²) < 4.78 is 0. The molecule has 0 spiro atoms. The maximum Gasteiger partial charge on any atom is 0.269 e. The lowest BCUT2D eigenvalue weighted by Gasteiger charge is -2.02. The van der Waals surface area contributed by atoms with E-state index in [1.807, 2.05) is 0 Å². The minimum absolute atomic E-state index is 0.00111. The third-order valence-corrected chi connectivity index (χ3v) is 3.17. The maximum atomic E-state index is 11.6. The van der Waals surface area contributed by atoms with Crippen LogP contribution in [0.5, 0.6) is 0 Å². The van der Waals surface area contributed by atoms with Crippen molar-refractivity contribution >= 4 is 25.9 Å². The van der Waals surface area contributed by atoms with Crippen molar-refractivity contribution in [1.82, 2.24) is 5.43 Å². The predicted octanol–water partition coefficient (Wildman–Crippen LogP) is 2.12. The molecular formula is C14H17N3O3Si. The van der Waals surface area contributed by atoms with Crippen molar-refractivity contribution in [3.63, 3.8) is 0 Å². The molecule has 6 nitrogen and oxygen atoms in total. The Morgan fingerprint density at radius 2 is 2.00 bits per heavy atom. The first-order valence-electron chi connectivity index (χ1n) is 6.34. The van der Waals surface area contributed by atoms with E-state index in [9.17, 15) is 14.9 Å². The van der Waals surface area contributed by atoms with Gasteiger partial charge < -0.3 is 0 Å². The van der Waals surface area contributed by atoms with Crippen LogP contribution in [0, 0.1) is 21.6 Å². The van der Waals surface area contributed by atoms with Crippen LogP contribution in [0.4, 0.5) is 5.69 Å². The number of rotatable bonds is 4. The first-order chi connectivity index (χ1) is 9.78. The van der Waals surface area contributed by atoms with Gasteiger partial charge in [0.1, 0.15) is 8.07 Å². The number of carbonyl (C=O) groups is 1. The number of nitro benzene ring substituents is 1. The minimum Gasteiger partial charge on any atom is -0.273 e. The second-order valence-electron chi connectivity index (χ2n) is 5.41. The van der Waals surface area contributed by atoms with E-state index in [-0.39, 0.29) is 18.0 Å². The second-order valence-corrected chi connectivity index (χ2v) is 10.2. The average molecular weight is 303 g/mol. The summed E-state index contributed by atoms with van der Waals surface area (Å²) in [5.41, 5.74) is 6.13. The number of hydrazone groups is 1. The first-order valence-corrected chi connectivity index (χ1v) is 9.84. The molecule has 0 bridgehead atoms. The van der Waals surface area contributed by atoms with Gasteiger partial charge in [-0.3, -0.25) is 14.9 Å². The molecule has 0 aliphatic heterocycles. The molecule has 0 radical (unpaired) electrons. The summed E-state index contributed by atoms with van der Waals surface area (Å²) in [6.07, 6.45) is 1.47. The third kappa shape index (κ3) is 7.03. The van der Waals surface area contributed by atoms with E-state index >= 15 is 0 Å². The fraction of sp³-hybridized carbons (Fsp3) is 0.286. The number of hydrogen-bond donors (Lipinski definition) is 1. The Kier molecular flexibility index (Phi) is 5.81. The van der Waals surface area contributed by atoms with Gasteiger partial charge in [-0.1, -0.05) is 37.7 Å². The van der Waals surface area contributed by atoms with Crippen LogP contribution >= 0.6 is 0 Å². The first kappa shape index (κ1) is 16.6. The van der Waals surface area contributed by atoms with Crippen LogP contribution in [0.2, 0.25) is 19.6 Å². The van der Waals surface area contributed by atoms with Crippen LogP contribution in [0.3, 0.4) is 0 Å². The van der Waals surface area contributed by atoms with E-state index in [0.29, 0.717) is 5.56 Å². The fourth-order valence-electron chi connectivity index (χ4n) is 1.35. The predicted molar refractivity (Wildman–Crippen MR) is 84.6 cm³/mol. The number of benzene rings is 1. The molecule has 7 heteroatoms. The molecule has 0 aliphatic carbocycles. The van der Waals surface area contributed by atoms with Crippen LogP contribution in [-0.2, 0) is 11.2 Å². The highest BCUT2D eigenvalue weighted by molar-refractivity contribution is 6.84. The van der Waals surface area contributed by atoms with Crippen molar-refractivity contribution < 1.29 is 9.72 Å². The van der Waals surface area contributed by atoms with E-state index in [0.717, 1.165) is 0 Å². The molecular weight excluding hydrogens is 286 g/mol. The number of nitrogens with zero attached hydrogens (tertiary/aromatic N) is 2. The van der Waals surface area contributed by atoms with E-state index in [1.54, 1.807) is 12.1 Å². The van der Waals surface area contributed by atoms with Gasteiger partial charge in [-0.15, -0.1) is 5.54 Å². The number of hydrogen-bond acceptors (Lipinski definition) is 4. The summed E-state index contributed by atoms with van der Waals surface area (Å²) in [4.78, 5) is 21.6. The van der Waals surface area contributed by atoms with Gasteiger partial charge in [-0.05, 0) is 5.56 Å². The molecule has 0 saturated carbocycles. The molecule has 0 unspecified atom stereocenters. The Morgan fingerprint density at radius 3 is 2.52 bits per heavy atom. The van der Waals surface area contributed by atoms with Gasteiger partial charge in [0.25, 0.3) is 5.69 Å². The molecule has 110 valence electrons. The summed E-state index contributed by atoms with van der Waals surface area (Å²) in [6.45, 7) is 6.34. The summed E-state index contributed by atoms with van der Waals surface area (Å²) in [5.74, 6) is 2.50. The average Bonchev–Trinajstić information content (AvgIpc) is 2.37. The van der Waals surface area contributed by atoms with Crippen molar-refractivity contribution in [3.05, 3.63) is 39.9 Å². The van der Waals surface area contributed by atoms with Crippen LogP contribution in [-0.4, -0.2) is 25.1 Å². The van der Waals surface area contributed by atoms with E-state index in [2.05, 4.69) is 41.6 Å². The Balaban J connectivity index is 2.48. The quantitative estimate of drug-likeness (QED) is 0.304. The van der Waals surface area contributed by atoms with E-state index < -0.39 is 13.0 Å². The van der Waals surface area contributed by atoms with Gasteiger partial charge in [-0.2, -0.15) is 5.10 Å². The monoisotopic (exact) mass is 303 g/mol. The van der Waals surface area contributed by atoms with Crippen LogP contribution in [0.15, 0.2) is 29.4 Å². The molecule has 0 atom stereocenters. The third-order valence-electron chi connectivity index (χ3n) is 2.28. The number of non-ortho nitro benzene ring substituents is 1. The molecule has 0 aliphatic rings. The summed E-state index contributed by atoms with van der Waals surface area (Å²) in [6, 6.07) is 5.83. The molecule has 0 fully saturated rings. The van der Waals surface area contributed by atoms with Gasteiger partial charge >= 0.3 is 0 Å². The van der Waals surface area contributed by atoms with Crippen molar-refractivity contribution in [1.29, 1.82) is 0 Å². The minimum atomic E-state index is -1.43. The normalized spacial score (nSPS) is 10.8. The van der Waals surface area contributed by atoms with Crippen molar-refractivity contribution in [2.45, 2.75) is 26.1 Å². The molecule has 1 aromatic carbocycles. The lowest BCUT2D eigenvalue weighted by molar-refractivity contribution is -0.384. The topological polar surface area (TPSA) is 84.6 Å². The molecule has 1 amide bonds. The Morgan fingerprint density at radius 1 is 1.38 bits per heavy atom. The highest BCUT2D eigenvalue weighted by Crippen LogP contribution is 2.12. The van der Waals surface area contributed by atoms with Gasteiger partial charge in [0.05, 0.1) is 17.6 Å². The van der Waals surface area contributed by atoms with E-state index in [1.165, 1.54) is 18.3 Å². The highest BCUT2D eigenvalue weighted by Gasteiger charge is 2.07.